The van der Waals surface area contributed by atoms with E-state index in [2.05, 4.69) is 15.5 Å². The normalized spacial score (nSPS) is 10.5. The summed E-state index contributed by atoms with van der Waals surface area (Å²) in [6, 6.07) is 7.79. The van der Waals surface area contributed by atoms with Crippen molar-refractivity contribution in [1.82, 2.24) is 20.2 Å². The number of para-hydroxylation sites is 1. The molecule has 0 unspecified atom stereocenters. The fourth-order valence-corrected chi connectivity index (χ4v) is 1.54. The topological polar surface area (TPSA) is 55.7 Å². The number of methoxy groups -OCH3 is 1. The van der Waals surface area contributed by atoms with Crippen LogP contribution in [-0.4, -0.2) is 27.3 Å². The van der Waals surface area contributed by atoms with Crippen molar-refractivity contribution < 1.29 is 4.74 Å². The van der Waals surface area contributed by atoms with Crippen molar-refractivity contribution in [2.24, 2.45) is 0 Å². The van der Waals surface area contributed by atoms with Crippen LogP contribution in [0.5, 0.6) is 0 Å². The minimum absolute atomic E-state index is 0.401. The van der Waals surface area contributed by atoms with Gasteiger partial charge in [0.05, 0.1) is 12.3 Å². The number of hydrogen-bond donors (Lipinski definition) is 1. The number of rotatable bonds is 3. The molecule has 0 saturated heterocycles. The third kappa shape index (κ3) is 1.95. The molecule has 0 saturated carbocycles. The van der Waals surface area contributed by atoms with Crippen molar-refractivity contribution in [3.05, 3.63) is 34.6 Å². The van der Waals surface area contributed by atoms with Gasteiger partial charge in [0, 0.05) is 12.7 Å². The van der Waals surface area contributed by atoms with Crippen LogP contribution in [0.15, 0.2) is 24.3 Å². The number of aromatic amines is 1. The van der Waals surface area contributed by atoms with E-state index in [1.54, 1.807) is 11.8 Å². The first-order chi connectivity index (χ1) is 7.33. The summed E-state index contributed by atoms with van der Waals surface area (Å²) in [6.07, 6.45) is 0. The Morgan fingerprint density at radius 2 is 2.27 bits per heavy atom. The van der Waals surface area contributed by atoms with Gasteiger partial charge in [0.15, 0.2) is 0 Å². The van der Waals surface area contributed by atoms with E-state index in [1.165, 1.54) is 0 Å². The highest BCUT2D eigenvalue weighted by molar-refractivity contribution is 7.71. The van der Waals surface area contributed by atoms with Gasteiger partial charge in [-0.3, -0.25) is 0 Å². The highest BCUT2D eigenvalue weighted by Gasteiger charge is 2.05. The van der Waals surface area contributed by atoms with Gasteiger partial charge in [-0.15, -0.1) is 0 Å². The Hall–Kier alpha value is -1.53. The number of nitrogens with one attached hydrogen (secondary N) is 1. The number of benzene rings is 1. The minimum atomic E-state index is 0.401. The summed E-state index contributed by atoms with van der Waals surface area (Å²) in [4.78, 5) is 0. The number of nitrogens with zero attached hydrogens (tertiary/aromatic N) is 3. The molecule has 1 N–H and O–H groups in total. The Labute approximate surface area is 91.7 Å². The zero-order chi connectivity index (χ0) is 10.7. The van der Waals surface area contributed by atoms with Crippen LogP contribution in [0.1, 0.15) is 5.56 Å². The molecule has 6 heteroatoms. The molecule has 0 aliphatic rings. The van der Waals surface area contributed by atoms with E-state index in [9.17, 15) is 0 Å². The van der Waals surface area contributed by atoms with E-state index >= 15 is 0 Å². The van der Waals surface area contributed by atoms with Gasteiger partial charge in [0.1, 0.15) is 0 Å². The summed E-state index contributed by atoms with van der Waals surface area (Å²) in [5, 5.41) is 10.1. The lowest BCUT2D eigenvalue weighted by Crippen LogP contribution is -2.02. The summed E-state index contributed by atoms with van der Waals surface area (Å²) in [5.74, 6) is 0. The van der Waals surface area contributed by atoms with Crippen molar-refractivity contribution in [2.75, 3.05) is 7.11 Å². The van der Waals surface area contributed by atoms with Crippen molar-refractivity contribution in [3.8, 4) is 5.69 Å². The first kappa shape index (κ1) is 10.0. The van der Waals surface area contributed by atoms with Crippen LogP contribution in [0.25, 0.3) is 5.69 Å². The van der Waals surface area contributed by atoms with Gasteiger partial charge >= 0.3 is 0 Å². The molecule has 0 bridgehead atoms. The van der Waals surface area contributed by atoms with Crippen LogP contribution >= 0.6 is 12.2 Å². The van der Waals surface area contributed by atoms with Crippen LogP contribution < -0.4 is 0 Å². The average molecular weight is 222 g/mol. The van der Waals surface area contributed by atoms with Crippen LogP contribution in [-0.2, 0) is 11.3 Å². The lowest BCUT2D eigenvalue weighted by molar-refractivity contribution is 0.184. The maximum atomic E-state index is 5.10. The van der Waals surface area contributed by atoms with E-state index in [0.717, 1.165) is 11.3 Å². The Morgan fingerprint density at radius 3 is 2.93 bits per heavy atom. The first-order valence-corrected chi connectivity index (χ1v) is 4.81. The number of aromatic nitrogens is 4. The summed E-state index contributed by atoms with van der Waals surface area (Å²) in [6.45, 7) is 0.525. The van der Waals surface area contributed by atoms with Gasteiger partial charge in [0.2, 0.25) is 4.77 Å². The predicted molar refractivity (Wildman–Crippen MR) is 57.3 cm³/mol. The lowest BCUT2D eigenvalue weighted by atomic mass is 10.2. The zero-order valence-electron chi connectivity index (χ0n) is 8.17. The molecule has 0 atom stereocenters. The highest BCUT2D eigenvalue weighted by Crippen LogP contribution is 2.13. The largest absolute Gasteiger partial charge is 0.380 e. The molecule has 2 aromatic rings. The molecule has 0 aliphatic carbocycles. The van der Waals surface area contributed by atoms with Crippen molar-refractivity contribution in [3.63, 3.8) is 0 Å². The Morgan fingerprint density at radius 1 is 1.47 bits per heavy atom. The van der Waals surface area contributed by atoms with Crippen LogP contribution in [0.2, 0.25) is 0 Å². The van der Waals surface area contributed by atoms with Crippen LogP contribution in [0, 0.1) is 4.77 Å². The van der Waals surface area contributed by atoms with Crippen molar-refractivity contribution in [2.45, 2.75) is 6.61 Å². The monoisotopic (exact) mass is 222 g/mol. The molecule has 1 heterocycles. The molecular weight excluding hydrogens is 212 g/mol. The summed E-state index contributed by atoms with van der Waals surface area (Å²) in [5.41, 5.74) is 1.94. The number of hydrogen-bond acceptors (Lipinski definition) is 4. The average Bonchev–Trinajstić information content (AvgIpc) is 2.66. The quantitative estimate of drug-likeness (QED) is 0.799. The van der Waals surface area contributed by atoms with Gasteiger partial charge in [0.25, 0.3) is 0 Å². The summed E-state index contributed by atoms with van der Waals surface area (Å²) >= 11 is 5.03. The molecule has 0 aliphatic heterocycles. The molecule has 2 rings (SSSR count). The molecule has 15 heavy (non-hydrogen) atoms. The molecule has 5 nitrogen and oxygen atoms in total. The smallest absolute Gasteiger partial charge is 0.242 e. The second-order valence-corrected chi connectivity index (χ2v) is 3.34. The molecule has 0 fully saturated rings. The molecule has 1 aromatic heterocycles. The Kier molecular flexibility index (Phi) is 2.89. The van der Waals surface area contributed by atoms with Gasteiger partial charge < -0.3 is 4.74 Å². The number of ether oxygens (including phenoxy) is 1. The van der Waals surface area contributed by atoms with Gasteiger partial charge in [-0.05, 0) is 18.3 Å². The maximum absolute atomic E-state index is 5.10. The molecule has 0 radical (unpaired) electrons. The molecule has 0 spiro atoms. The van der Waals surface area contributed by atoms with Gasteiger partial charge in [-0.25, -0.2) is 4.68 Å². The SMILES string of the molecule is COCc1ccccc1-n1[nH]nnc1=S. The zero-order valence-corrected chi connectivity index (χ0v) is 8.99. The third-order valence-electron chi connectivity index (χ3n) is 2.00. The number of H-pyrrole nitrogens is 1. The standard InChI is InChI=1S/C9H10N4OS/c1-14-6-7-4-2-3-5-8(7)13-9(15)10-11-12-13/h2-5H,6H2,1H3,(H,10,12,15). The van der Waals surface area contributed by atoms with Gasteiger partial charge in [-0.1, -0.05) is 28.5 Å². The first-order valence-electron chi connectivity index (χ1n) is 4.40. The van der Waals surface area contributed by atoms with E-state index < -0.39 is 0 Å². The highest BCUT2D eigenvalue weighted by atomic mass is 32.1. The Bertz CT molecular complexity index is 505. The maximum Gasteiger partial charge on any atom is 0.242 e. The van der Waals surface area contributed by atoms with E-state index in [1.807, 2.05) is 24.3 Å². The summed E-state index contributed by atoms with van der Waals surface area (Å²) in [7, 11) is 1.65. The van der Waals surface area contributed by atoms with E-state index in [0.29, 0.717) is 11.4 Å². The molecule has 0 amide bonds. The Balaban J connectivity index is 2.52. The minimum Gasteiger partial charge on any atom is -0.380 e. The third-order valence-corrected chi connectivity index (χ3v) is 2.27. The lowest BCUT2D eigenvalue weighted by Gasteiger charge is -2.07. The van der Waals surface area contributed by atoms with Gasteiger partial charge in [-0.2, -0.15) is 5.21 Å². The fraction of sp³-hybridized carbons (Fsp3) is 0.222. The molecule has 1 aromatic carbocycles. The second kappa shape index (κ2) is 4.33. The van der Waals surface area contributed by atoms with E-state index in [-0.39, 0.29) is 0 Å². The van der Waals surface area contributed by atoms with Crippen LogP contribution in [0.4, 0.5) is 0 Å². The van der Waals surface area contributed by atoms with Crippen molar-refractivity contribution in [1.29, 1.82) is 0 Å². The fourth-order valence-electron chi connectivity index (χ4n) is 1.36. The summed E-state index contributed by atoms with van der Waals surface area (Å²) < 4.78 is 7.15. The predicted octanol–water partition coefficient (Wildman–Crippen LogP) is 1.47. The van der Waals surface area contributed by atoms with Crippen molar-refractivity contribution >= 4 is 12.2 Å². The second-order valence-electron chi connectivity index (χ2n) is 2.98. The van der Waals surface area contributed by atoms with E-state index in [4.69, 9.17) is 17.0 Å². The van der Waals surface area contributed by atoms with Crippen LogP contribution in [0.3, 0.4) is 0 Å². The number of tetrazole rings is 1. The molecular formula is C9H10N4OS. The molecule has 78 valence electrons.